The normalized spacial score (nSPS) is 35.4. The second-order valence-corrected chi connectivity index (χ2v) is 20.8. The van der Waals surface area contributed by atoms with Crippen LogP contribution in [0.3, 0.4) is 0 Å². The van der Waals surface area contributed by atoms with Gasteiger partial charge in [-0.05, 0) is 167 Å². The fourth-order valence-electron chi connectivity index (χ4n) is 15.3. The zero-order chi connectivity index (χ0) is 42.1. The summed E-state index contributed by atoms with van der Waals surface area (Å²) in [5.74, 6) is 2.33. The summed E-state index contributed by atoms with van der Waals surface area (Å²) in [5, 5.41) is 14.2. The van der Waals surface area contributed by atoms with E-state index in [1.54, 1.807) is 6.07 Å². The SMILES string of the molecule is Cc1ccc(C2=CC[C@]3(C)[C@H]4CC[C@@H]5[C@H]6[C@H](C(C)CO)CC[C@]6(NC(=O)OCC6c7ccccc7-c7ccccc76)CC[C@@]5(C)[C@]4(C)CC[C@H]3C2(C)C)cc1F.O=C=O. The second-order valence-electron chi connectivity index (χ2n) is 20.8. The number of allylic oxidation sites excluding steroid dienone is 2. The number of halogens is 1. The van der Waals surface area contributed by atoms with E-state index in [2.05, 4.69) is 108 Å². The van der Waals surface area contributed by atoms with Crippen LogP contribution in [0, 0.1) is 69.9 Å². The lowest BCUT2D eigenvalue weighted by Gasteiger charge is -2.72. The lowest BCUT2D eigenvalue weighted by molar-refractivity contribution is -0.221. The molecule has 0 saturated heterocycles. The van der Waals surface area contributed by atoms with Gasteiger partial charge in [0.25, 0.3) is 0 Å². The van der Waals surface area contributed by atoms with Gasteiger partial charge in [0.1, 0.15) is 12.4 Å². The second kappa shape index (κ2) is 15.1. The maximum absolute atomic E-state index is 14.9. The Morgan fingerprint density at radius 3 is 2.17 bits per heavy atom. The van der Waals surface area contributed by atoms with Gasteiger partial charge >= 0.3 is 12.2 Å². The van der Waals surface area contributed by atoms with Gasteiger partial charge in [-0.2, -0.15) is 9.59 Å². The Morgan fingerprint density at radius 1 is 0.864 bits per heavy atom. The molecule has 4 fully saturated rings. The van der Waals surface area contributed by atoms with Gasteiger partial charge in [0, 0.05) is 18.1 Å². The number of fused-ring (bicyclic) bond motifs is 10. The first-order valence-corrected chi connectivity index (χ1v) is 22.3. The Morgan fingerprint density at radius 2 is 1.53 bits per heavy atom. The molecule has 0 heterocycles. The standard InChI is InChI=1S/C51H64FNO3.CO2/c1-31-16-17-33(28-42(31)52)40-21-23-48(5)43(47(40,3)4)22-24-50(7)44(48)19-18-41-45-34(32(2)29-54)20-25-51(45,27-26-49(41,50)6)53-46(55)56-30-39-37-14-10-8-12-35(37)36-13-9-11-15-38(36)39;2-1-3/h8-17,21,28,32,34,39,41,43-45,54H,18-20,22-27,29-30H2,1-7H3,(H,53,55);/t32?,34-,41+,43-,44+,45+,48-,49+,50+,51-;/m0./s1. The summed E-state index contributed by atoms with van der Waals surface area (Å²) in [7, 11) is 0. The van der Waals surface area contributed by atoms with Crippen molar-refractivity contribution in [3.05, 3.63) is 101 Å². The number of ether oxygens (including phenoxy) is 1. The zero-order valence-electron chi connectivity index (χ0n) is 36.2. The Balaban J connectivity index is 0.00000157. The van der Waals surface area contributed by atoms with Gasteiger partial charge in [0.2, 0.25) is 0 Å². The highest BCUT2D eigenvalue weighted by molar-refractivity contribution is 5.79. The summed E-state index contributed by atoms with van der Waals surface area (Å²) in [6.07, 6.45) is 12.2. The predicted octanol–water partition coefficient (Wildman–Crippen LogP) is 11.5. The van der Waals surface area contributed by atoms with Crippen molar-refractivity contribution in [1.82, 2.24) is 5.32 Å². The smallest absolute Gasteiger partial charge is 0.407 e. The number of aliphatic hydroxyl groups is 1. The van der Waals surface area contributed by atoms with Crippen LogP contribution in [0.2, 0.25) is 0 Å². The van der Waals surface area contributed by atoms with Crippen LogP contribution in [0.25, 0.3) is 16.7 Å². The molecule has 10 atom stereocenters. The molecule has 0 radical (unpaired) electrons. The molecule has 0 spiro atoms. The van der Waals surface area contributed by atoms with Crippen LogP contribution in [0.4, 0.5) is 9.18 Å². The third kappa shape index (κ3) is 6.30. The monoisotopic (exact) mass is 801 g/mol. The highest BCUT2D eigenvalue weighted by Crippen LogP contribution is 2.76. The number of nitrogens with one attached hydrogen (secondary N) is 1. The van der Waals surface area contributed by atoms with E-state index < -0.39 is 0 Å². The van der Waals surface area contributed by atoms with Gasteiger partial charge < -0.3 is 15.2 Å². The molecule has 0 aliphatic heterocycles. The Kier molecular flexibility index (Phi) is 10.7. The summed E-state index contributed by atoms with van der Waals surface area (Å²) in [5.41, 5.74) is 8.04. The van der Waals surface area contributed by atoms with Crippen molar-refractivity contribution in [3.63, 3.8) is 0 Å². The number of alkyl carbamates (subject to hydrolysis) is 1. The van der Waals surface area contributed by atoms with Crippen LogP contribution >= 0.6 is 0 Å². The molecule has 4 saturated carbocycles. The third-order valence-electron chi connectivity index (χ3n) is 18.3. The van der Waals surface area contributed by atoms with Crippen LogP contribution in [-0.2, 0) is 14.3 Å². The van der Waals surface area contributed by atoms with Crippen LogP contribution in [0.15, 0.2) is 72.8 Å². The molecule has 2 N–H and O–H groups in total. The fraction of sp³-hybridized carbons (Fsp3) is 0.577. The number of hydrogen-bond acceptors (Lipinski definition) is 5. The molecule has 1 amide bonds. The molecule has 1 unspecified atom stereocenters. The van der Waals surface area contributed by atoms with Crippen molar-refractivity contribution in [2.45, 2.75) is 118 Å². The molecule has 314 valence electrons. The lowest BCUT2D eigenvalue weighted by Crippen LogP contribution is -2.68. The van der Waals surface area contributed by atoms with Gasteiger partial charge in [-0.1, -0.05) is 108 Å². The molecule has 3 aromatic rings. The minimum atomic E-state index is -0.321. The first-order valence-electron chi connectivity index (χ1n) is 22.3. The van der Waals surface area contributed by atoms with E-state index >= 15 is 0 Å². The molecule has 7 heteroatoms. The Bertz CT molecular complexity index is 2130. The van der Waals surface area contributed by atoms with E-state index in [0.29, 0.717) is 41.8 Å². The molecule has 0 bridgehead atoms. The first kappa shape index (κ1) is 41.7. The minimum absolute atomic E-state index is 0.0299. The van der Waals surface area contributed by atoms with Crippen LogP contribution in [0.1, 0.15) is 128 Å². The molecule has 6 nitrogen and oxygen atoms in total. The minimum Gasteiger partial charge on any atom is -0.449 e. The number of aliphatic hydroxyl groups excluding tert-OH is 1. The lowest BCUT2D eigenvalue weighted by atomic mass is 9.33. The first-order chi connectivity index (χ1) is 28.1. The van der Waals surface area contributed by atoms with Gasteiger partial charge in [-0.25, -0.2) is 9.18 Å². The quantitative estimate of drug-likeness (QED) is 0.259. The van der Waals surface area contributed by atoms with Crippen LogP contribution < -0.4 is 5.32 Å². The number of hydrogen-bond donors (Lipinski definition) is 2. The van der Waals surface area contributed by atoms with Crippen LogP contribution in [-0.4, -0.2) is 36.1 Å². The average Bonchev–Trinajstić information content (AvgIpc) is 3.74. The van der Waals surface area contributed by atoms with Crippen LogP contribution in [0.5, 0.6) is 0 Å². The zero-order valence-corrected chi connectivity index (χ0v) is 36.2. The fourth-order valence-corrected chi connectivity index (χ4v) is 15.3. The summed E-state index contributed by atoms with van der Waals surface area (Å²) in [6, 6.07) is 22.9. The Hall–Kier alpha value is -4.06. The Labute approximate surface area is 350 Å². The molecular weight excluding hydrogens is 738 g/mol. The number of amides is 1. The third-order valence-corrected chi connectivity index (χ3v) is 18.3. The number of rotatable bonds is 6. The van der Waals surface area contributed by atoms with E-state index in [4.69, 9.17) is 14.3 Å². The number of carbonyl (C=O) groups is 1. The van der Waals surface area contributed by atoms with Crippen molar-refractivity contribution < 1.29 is 28.6 Å². The van der Waals surface area contributed by atoms with E-state index in [0.717, 1.165) is 44.1 Å². The summed E-state index contributed by atoms with van der Waals surface area (Å²) in [4.78, 5) is 30.4. The van der Waals surface area contributed by atoms with E-state index in [-0.39, 0.29) is 63.7 Å². The van der Waals surface area contributed by atoms with E-state index in [1.807, 2.05) is 13.0 Å². The average molecular weight is 802 g/mol. The summed E-state index contributed by atoms with van der Waals surface area (Å²) < 4.78 is 21.1. The highest BCUT2D eigenvalue weighted by atomic mass is 19.1. The molecule has 6 aliphatic rings. The molecule has 9 rings (SSSR count). The predicted molar refractivity (Wildman–Crippen MR) is 228 cm³/mol. The van der Waals surface area contributed by atoms with Gasteiger partial charge in [-0.3, -0.25) is 0 Å². The molecule has 59 heavy (non-hydrogen) atoms. The summed E-state index contributed by atoms with van der Waals surface area (Å²) in [6.45, 7) is 17.3. The summed E-state index contributed by atoms with van der Waals surface area (Å²) >= 11 is 0. The van der Waals surface area contributed by atoms with Crippen molar-refractivity contribution in [2.75, 3.05) is 13.2 Å². The number of aryl methyl sites for hydroxylation is 1. The largest absolute Gasteiger partial charge is 0.449 e. The van der Waals surface area contributed by atoms with Gasteiger partial charge in [0.15, 0.2) is 0 Å². The molecular formula is C52H64FNO5. The number of benzene rings is 3. The van der Waals surface area contributed by atoms with Crippen molar-refractivity contribution in [2.24, 2.45) is 57.2 Å². The maximum atomic E-state index is 14.9. The topological polar surface area (TPSA) is 92.7 Å². The van der Waals surface area contributed by atoms with Gasteiger partial charge in [-0.15, -0.1) is 0 Å². The molecule has 6 aliphatic carbocycles. The molecule has 0 aromatic heterocycles. The van der Waals surface area contributed by atoms with Gasteiger partial charge in [0.05, 0.1) is 0 Å². The highest BCUT2D eigenvalue weighted by Gasteiger charge is 2.71. The maximum Gasteiger partial charge on any atom is 0.407 e. The van der Waals surface area contributed by atoms with Crippen molar-refractivity contribution in [3.8, 4) is 11.1 Å². The van der Waals surface area contributed by atoms with E-state index in [1.165, 1.54) is 47.1 Å². The number of carbonyl (C=O) groups excluding carboxylic acids is 3. The molecule has 3 aromatic carbocycles. The van der Waals surface area contributed by atoms with Crippen molar-refractivity contribution >= 4 is 17.8 Å². The van der Waals surface area contributed by atoms with Crippen molar-refractivity contribution in [1.29, 1.82) is 0 Å². The van der Waals surface area contributed by atoms with E-state index in [9.17, 15) is 14.3 Å².